The summed E-state index contributed by atoms with van der Waals surface area (Å²) in [5.41, 5.74) is 1.04. The number of hydrogen-bond donors (Lipinski definition) is 0. The van der Waals surface area contributed by atoms with Crippen LogP contribution in [0.2, 0.25) is 0 Å². The van der Waals surface area contributed by atoms with Crippen LogP contribution < -0.4 is 4.80 Å². The summed E-state index contributed by atoms with van der Waals surface area (Å²) in [6.07, 6.45) is 1.73. The highest BCUT2D eigenvalue weighted by Crippen LogP contribution is 2.30. The third kappa shape index (κ3) is 4.52. The van der Waals surface area contributed by atoms with Gasteiger partial charge >= 0.3 is 5.97 Å². The van der Waals surface area contributed by atoms with Crippen molar-refractivity contribution >= 4 is 43.5 Å². The molecule has 10 heteroatoms. The van der Waals surface area contributed by atoms with Gasteiger partial charge in [-0.25, -0.2) is 8.42 Å². The summed E-state index contributed by atoms with van der Waals surface area (Å²) in [6.45, 7) is 1.93. The predicted molar refractivity (Wildman–Crippen MR) is 121 cm³/mol. The van der Waals surface area contributed by atoms with E-state index in [9.17, 15) is 18.0 Å². The van der Waals surface area contributed by atoms with Gasteiger partial charge in [-0.2, -0.15) is 9.30 Å². The number of hydrogen-bond acceptors (Lipinski definition) is 6. The van der Waals surface area contributed by atoms with Crippen molar-refractivity contribution in [3.8, 4) is 0 Å². The highest BCUT2D eigenvalue weighted by Gasteiger charge is 2.35. The first kappa shape index (κ1) is 22.4. The van der Waals surface area contributed by atoms with Gasteiger partial charge in [0, 0.05) is 18.7 Å². The van der Waals surface area contributed by atoms with Crippen molar-refractivity contribution in [2.45, 2.75) is 37.2 Å². The van der Waals surface area contributed by atoms with Gasteiger partial charge in [-0.05, 0) is 56.2 Å². The fourth-order valence-corrected chi connectivity index (χ4v) is 5.76. The van der Waals surface area contributed by atoms with Gasteiger partial charge in [-0.15, -0.1) is 0 Å². The van der Waals surface area contributed by atoms with Crippen molar-refractivity contribution in [2.75, 3.05) is 13.7 Å². The van der Waals surface area contributed by atoms with Crippen LogP contribution in [-0.2, 0) is 26.1 Å². The van der Waals surface area contributed by atoms with E-state index in [1.807, 2.05) is 24.3 Å². The largest absolute Gasteiger partial charge is 0.465 e. The molecule has 0 aliphatic heterocycles. The number of carbonyl (C=O) groups excluding carboxylic acids is 2. The van der Waals surface area contributed by atoms with Crippen LogP contribution in [0.15, 0.2) is 58.4 Å². The second-order valence-electron chi connectivity index (χ2n) is 7.44. The zero-order chi connectivity index (χ0) is 22.9. The summed E-state index contributed by atoms with van der Waals surface area (Å²) in [7, 11) is -2.01. The van der Waals surface area contributed by atoms with E-state index >= 15 is 0 Å². The van der Waals surface area contributed by atoms with E-state index in [0.717, 1.165) is 23.1 Å². The highest BCUT2D eigenvalue weighted by atomic mass is 32.2. The zero-order valence-corrected chi connectivity index (χ0v) is 19.4. The Balaban J connectivity index is 1.65. The number of amides is 1. The molecule has 0 saturated heterocycles. The quantitative estimate of drug-likeness (QED) is 0.492. The van der Waals surface area contributed by atoms with Crippen LogP contribution in [0.5, 0.6) is 0 Å². The predicted octanol–water partition coefficient (Wildman–Crippen LogP) is 2.79. The number of fused-ring (bicyclic) bond motifs is 1. The Morgan fingerprint density at radius 3 is 2.50 bits per heavy atom. The summed E-state index contributed by atoms with van der Waals surface area (Å²) < 4.78 is 34.3. The molecule has 1 fully saturated rings. The summed E-state index contributed by atoms with van der Waals surface area (Å²) >= 11 is 1.29. The first-order chi connectivity index (χ1) is 15.3. The fraction of sp³-hybridized carbons (Fsp3) is 0.318. The van der Waals surface area contributed by atoms with E-state index in [-0.39, 0.29) is 29.7 Å². The molecule has 1 heterocycles. The van der Waals surface area contributed by atoms with E-state index in [4.69, 9.17) is 4.74 Å². The Labute approximate surface area is 189 Å². The van der Waals surface area contributed by atoms with Crippen LogP contribution in [0.25, 0.3) is 10.2 Å². The molecular formula is C22H23N3O5S2. The van der Waals surface area contributed by atoms with Crippen molar-refractivity contribution in [1.82, 2.24) is 8.87 Å². The Kier molecular flexibility index (Phi) is 6.27. The maximum absolute atomic E-state index is 12.8. The van der Waals surface area contributed by atoms with Crippen molar-refractivity contribution < 1.29 is 22.7 Å². The number of para-hydroxylation sites is 1. The fourth-order valence-electron chi connectivity index (χ4n) is 3.32. The van der Waals surface area contributed by atoms with Gasteiger partial charge in [-0.3, -0.25) is 9.59 Å². The van der Waals surface area contributed by atoms with E-state index in [0.29, 0.717) is 4.80 Å². The van der Waals surface area contributed by atoms with E-state index < -0.39 is 21.9 Å². The summed E-state index contributed by atoms with van der Waals surface area (Å²) in [5, 5.41) is 0. The summed E-state index contributed by atoms with van der Waals surface area (Å²) in [5.74, 6) is -0.937. The van der Waals surface area contributed by atoms with Gasteiger partial charge in [0.25, 0.3) is 5.91 Å². The third-order valence-electron chi connectivity index (χ3n) is 5.22. The Hall–Kier alpha value is -2.82. The van der Waals surface area contributed by atoms with Crippen LogP contribution >= 0.6 is 11.3 Å². The van der Waals surface area contributed by atoms with E-state index in [1.54, 1.807) is 18.5 Å². The van der Waals surface area contributed by atoms with E-state index in [1.165, 1.54) is 39.9 Å². The molecule has 1 aliphatic carbocycles. The van der Waals surface area contributed by atoms with Crippen molar-refractivity contribution in [3.63, 3.8) is 0 Å². The second kappa shape index (κ2) is 8.97. The second-order valence-corrected chi connectivity index (χ2v) is 10.4. The molecule has 1 amide bonds. The lowest BCUT2D eigenvalue weighted by atomic mass is 10.2. The van der Waals surface area contributed by atoms with Crippen LogP contribution in [0.4, 0.5) is 0 Å². The third-order valence-corrected chi connectivity index (χ3v) is 8.20. The van der Waals surface area contributed by atoms with Crippen molar-refractivity contribution in [3.05, 3.63) is 58.9 Å². The van der Waals surface area contributed by atoms with Crippen LogP contribution in [-0.4, -0.2) is 48.9 Å². The molecule has 4 rings (SSSR count). The molecule has 2 aromatic carbocycles. The van der Waals surface area contributed by atoms with Gasteiger partial charge in [0.2, 0.25) is 10.0 Å². The van der Waals surface area contributed by atoms with Gasteiger partial charge in [0.05, 0.1) is 21.7 Å². The van der Waals surface area contributed by atoms with Crippen LogP contribution in [0.3, 0.4) is 0 Å². The van der Waals surface area contributed by atoms with Crippen LogP contribution in [0.1, 0.15) is 30.1 Å². The summed E-state index contributed by atoms with van der Waals surface area (Å²) in [4.78, 5) is 29.6. The minimum Gasteiger partial charge on any atom is -0.465 e. The molecule has 8 nitrogen and oxygen atoms in total. The normalized spacial score (nSPS) is 14.8. The monoisotopic (exact) mass is 473 g/mol. The smallest absolute Gasteiger partial charge is 0.326 e. The molecule has 0 atom stereocenters. The first-order valence-corrected chi connectivity index (χ1v) is 12.5. The SMILES string of the molecule is CCOC(=O)Cn1c(=NC(=O)c2ccc(S(=O)(=O)N(C)C3CC3)cc2)sc2ccccc21. The molecule has 168 valence electrons. The van der Waals surface area contributed by atoms with E-state index in [2.05, 4.69) is 4.99 Å². The van der Waals surface area contributed by atoms with Crippen LogP contribution in [0, 0.1) is 0 Å². The Morgan fingerprint density at radius 1 is 1.16 bits per heavy atom. The number of rotatable bonds is 7. The number of aromatic nitrogens is 1. The average molecular weight is 474 g/mol. The molecule has 1 saturated carbocycles. The number of ether oxygens (including phenoxy) is 1. The molecule has 1 aliphatic rings. The number of benzene rings is 2. The summed E-state index contributed by atoms with van der Waals surface area (Å²) in [6, 6.07) is 13.3. The molecule has 0 N–H and O–H groups in total. The van der Waals surface area contributed by atoms with Crippen molar-refractivity contribution in [2.24, 2.45) is 4.99 Å². The maximum atomic E-state index is 12.8. The molecule has 1 aromatic heterocycles. The number of sulfonamides is 1. The maximum Gasteiger partial charge on any atom is 0.326 e. The average Bonchev–Trinajstić information content (AvgIpc) is 3.57. The topological polar surface area (TPSA) is 98.0 Å². The van der Waals surface area contributed by atoms with Gasteiger partial charge < -0.3 is 9.30 Å². The van der Waals surface area contributed by atoms with Gasteiger partial charge in [-0.1, -0.05) is 23.5 Å². The minimum atomic E-state index is -3.58. The molecule has 32 heavy (non-hydrogen) atoms. The highest BCUT2D eigenvalue weighted by molar-refractivity contribution is 7.89. The minimum absolute atomic E-state index is 0.0547. The number of carbonyl (C=O) groups is 2. The molecule has 3 aromatic rings. The van der Waals surface area contributed by atoms with Gasteiger partial charge in [0.15, 0.2) is 4.80 Å². The molecule has 0 radical (unpaired) electrons. The Morgan fingerprint density at radius 2 is 1.84 bits per heavy atom. The molecule has 0 bridgehead atoms. The zero-order valence-electron chi connectivity index (χ0n) is 17.7. The number of esters is 1. The Bertz CT molecular complexity index is 1340. The first-order valence-electron chi connectivity index (χ1n) is 10.2. The number of nitrogens with zero attached hydrogens (tertiary/aromatic N) is 3. The lowest BCUT2D eigenvalue weighted by molar-refractivity contribution is -0.143. The standard InChI is InChI=1S/C22H23N3O5S2/c1-3-30-20(26)14-25-18-6-4-5-7-19(18)31-22(25)23-21(27)15-8-12-17(13-9-15)32(28,29)24(2)16-10-11-16/h4-9,12-13,16H,3,10-11,14H2,1-2H3. The number of thiazole rings is 1. The molecule has 0 unspecified atom stereocenters. The molecular weight excluding hydrogens is 450 g/mol. The molecule has 0 spiro atoms. The van der Waals surface area contributed by atoms with Crippen molar-refractivity contribution in [1.29, 1.82) is 0 Å². The van der Waals surface area contributed by atoms with Gasteiger partial charge in [0.1, 0.15) is 6.54 Å². The lowest BCUT2D eigenvalue weighted by Gasteiger charge is -2.16. The lowest BCUT2D eigenvalue weighted by Crippen LogP contribution is -2.28.